The molecule has 0 unspecified atom stereocenters. The van der Waals surface area contributed by atoms with Crippen molar-refractivity contribution < 1.29 is 14.1 Å². The summed E-state index contributed by atoms with van der Waals surface area (Å²) in [5.41, 5.74) is 2.77. The van der Waals surface area contributed by atoms with E-state index in [4.69, 9.17) is 4.52 Å². The van der Waals surface area contributed by atoms with Crippen LogP contribution in [0.25, 0.3) is 11.3 Å². The fourth-order valence-corrected chi connectivity index (χ4v) is 4.20. The lowest BCUT2D eigenvalue weighted by atomic mass is 9.81. The molecule has 4 rings (SSSR count). The molecule has 6 nitrogen and oxygen atoms in total. The summed E-state index contributed by atoms with van der Waals surface area (Å²) in [4.78, 5) is 27.5. The minimum Gasteiger partial charge on any atom is -0.361 e. The van der Waals surface area contributed by atoms with Crippen molar-refractivity contribution in [3.63, 3.8) is 0 Å². The number of aromatic nitrogens is 1. The smallest absolute Gasteiger partial charge is 0.253 e. The summed E-state index contributed by atoms with van der Waals surface area (Å²) in [5.74, 6) is 0.505. The van der Waals surface area contributed by atoms with Gasteiger partial charge in [-0.05, 0) is 31.0 Å². The molecule has 0 saturated carbocycles. The first-order valence-corrected chi connectivity index (χ1v) is 10.1. The van der Waals surface area contributed by atoms with Gasteiger partial charge in [0.25, 0.3) is 5.91 Å². The van der Waals surface area contributed by atoms with E-state index in [1.165, 1.54) is 0 Å². The van der Waals surface area contributed by atoms with E-state index in [-0.39, 0.29) is 11.8 Å². The summed E-state index contributed by atoms with van der Waals surface area (Å²) in [5, 5.41) is 7.00. The molecule has 1 N–H and O–H groups in total. The zero-order valence-corrected chi connectivity index (χ0v) is 17.2. The third kappa shape index (κ3) is 3.73. The number of amides is 2. The SMILES string of the molecule is CNC(=O)[C@]1(Cc2cc(-c3ccccc3C)no2)CCN(C(=O)c2ccccc2)C1. The minimum atomic E-state index is -0.734. The average molecular weight is 403 g/mol. The molecule has 2 amide bonds. The summed E-state index contributed by atoms with van der Waals surface area (Å²) < 4.78 is 5.60. The van der Waals surface area contributed by atoms with E-state index in [1.807, 2.05) is 55.5 Å². The van der Waals surface area contributed by atoms with Gasteiger partial charge in [0.15, 0.2) is 0 Å². The monoisotopic (exact) mass is 403 g/mol. The highest BCUT2D eigenvalue weighted by Crippen LogP contribution is 2.36. The number of likely N-dealkylation sites (tertiary alicyclic amines) is 1. The van der Waals surface area contributed by atoms with Crippen LogP contribution in [0.2, 0.25) is 0 Å². The van der Waals surface area contributed by atoms with Crippen LogP contribution in [0.15, 0.2) is 65.2 Å². The van der Waals surface area contributed by atoms with Crippen molar-refractivity contribution in [1.29, 1.82) is 0 Å². The molecule has 30 heavy (non-hydrogen) atoms. The first kappa shape index (κ1) is 19.9. The Labute approximate surface area is 175 Å². The normalized spacial score (nSPS) is 18.4. The average Bonchev–Trinajstić information content (AvgIpc) is 3.42. The van der Waals surface area contributed by atoms with E-state index in [2.05, 4.69) is 10.5 Å². The van der Waals surface area contributed by atoms with E-state index < -0.39 is 5.41 Å². The van der Waals surface area contributed by atoms with Crippen LogP contribution in [0, 0.1) is 12.3 Å². The third-order valence-corrected chi connectivity index (χ3v) is 5.86. The fraction of sp³-hybridized carbons (Fsp3) is 0.292. The van der Waals surface area contributed by atoms with E-state index in [1.54, 1.807) is 24.1 Å². The van der Waals surface area contributed by atoms with Crippen LogP contribution in [0.3, 0.4) is 0 Å². The minimum absolute atomic E-state index is 0.0560. The van der Waals surface area contributed by atoms with Crippen LogP contribution in [0.4, 0.5) is 0 Å². The molecule has 3 aromatic rings. The second kappa shape index (κ2) is 8.14. The summed E-state index contributed by atoms with van der Waals surface area (Å²) in [6.07, 6.45) is 0.968. The van der Waals surface area contributed by atoms with Crippen LogP contribution in [0.1, 0.15) is 28.1 Å². The first-order valence-electron chi connectivity index (χ1n) is 10.1. The van der Waals surface area contributed by atoms with Crippen molar-refractivity contribution in [2.45, 2.75) is 19.8 Å². The van der Waals surface area contributed by atoms with Crippen LogP contribution in [-0.2, 0) is 11.2 Å². The predicted octanol–water partition coefficient (Wildman–Crippen LogP) is 3.47. The van der Waals surface area contributed by atoms with Gasteiger partial charge in [-0.3, -0.25) is 9.59 Å². The fourth-order valence-electron chi connectivity index (χ4n) is 4.20. The molecule has 1 saturated heterocycles. The van der Waals surface area contributed by atoms with Gasteiger partial charge in [-0.1, -0.05) is 47.6 Å². The van der Waals surface area contributed by atoms with Crippen molar-refractivity contribution in [3.05, 3.63) is 77.6 Å². The van der Waals surface area contributed by atoms with Crippen molar-refractivity contribution >= 4 is 11.8 Å². The highest BCUT2D eigenvalue weighted by Gasteiger charge is 2.46. The molecule has 1 aromatic heterocycles. The van der Waals surface area contributed by atoms with Crippen LogP contribution in [-0.4, -0.2) is 42.0 Å². The Morgan fingerprint density at radius 3 is 2.60 bits per heavy atom. The van der Waals surface area contributed by atoms with E-state index in [9.17, 15) is 9.59 Å². The lowest BCUT2D eigenvalue weighted by Crippen LogP contribution is -2.44. The van der Waals surface area contributed by atoms with E-state index in [0.29, 0.717) is 37.3 Å². The molecular weight excluding hydrogens is 378 g/mol. The number of carbonyl (C=O) groups excluding carboxylic acids is 2. The second-order valence-corrected chi connectivity index (χ2v) is 7.87. The van der Waals surface area contributed by atoms with Crippen LogP contribution < -0.4 is 5.32 Å². The van der Waals surface area contributed by atoms with Gasteiger partial charge in [-0.2, -0.15) is 0 Å². The van der Waals surface area contributed by atoms with Crippen molar-refractivity contribution in [2.75, 3.05) is 20.1 Å². The van der Waals surface area contributed by atoms with Gasteiger partial charge < -0.3 is 14.7 Å². The molecule has 1 atom stereocenters. The van der Waals surface area contributed by atoms with E-state index in [0.717, 1.165) is 16.8 Å². The number of nitrogens with zero attached hydrogens (tertiary/aromatic N) is 2. The van der Waals surface area contributed by atoms with Gasteiger partial charge in [0, 0.05) is 43.8 Å². The Morgan fingerprint density at radius 1 is 1.13 bits per heavy atom. The number of benzene rings is 2. The largest absolute Gasteiger partial charge is 0.361 e. The van der Waals surface area contributed by atoms with Gasteiger partial charge in [-0.15, -0.1) is 0 Å². The van der Waals surface area contributed by atoms with Gasteiger partial charge in [0.2, 0.25) is 5.91 Å². The Kier molecular flexibility index (Phi) is 5.40. The van der Waals surface area contributed by atoms with Crippen molar-refractivity contribution in [3.8, 4) is 11.3 Å². The lowest BCUT2D eigenvalue weighted by Gasteiger charge is -2.26. The van der Waals surface area contributed by atoms with Crippen LogP contribution >= 0.6 is 0 Å². The third-order valence-electron chi connectivity index (χ3n) is 5.86. The van der Waals surface area contributed by atoms with Gasteiger partial charge in [-0.25, -0.2) is 0 Å². The molecule has 1 fully saturated rings. The molecular formula is C24H25N3O3. The standard InChI is InChI=1S/C24H25N3O3/c1-17-8-6-7-11-20(17)21-14-19(30-26-21)15-24(23(29)25-2)12-13-27(16-24)22(28)18-9-4-3-5-10-18/h3-11,14H,12-13,15-16H2,1-2H3,(H,25,29)/t24-/m0/s1. The Bertz CT molecular complexity index is 1060. The number of carbonyl (C=O) groups is 2. The number of nitrogens with one attached hydrogen (secondary N) is 1. The van der Waals surface area contributed by atoms with Crippen molar-refractivity contribution in [1.82, 2.24) is 15.4 Å². The quantitative estimate of drug-likeness (QED) is 0.708. The number of hydrogen-bond donors (Lipinski definition) is 1. The summed E-state index contributed by atoms with van der Waals surface area (Å²) in [6.45, 7) is 2.90. The van der Waals surface area contributed by atoms with Crippen LogP contribution in [0.5, 0.6) is 0 Å². The molecule has 1 aliphatic rings. The lowest BCUT2D eigenvalue weighted by molar-refractivity contribution is -0.130. The number of hydrogen-bond acceptors (Lipinski definition) is 4. The summed E-state index contributed by atoms with van der Waals surface area (Å²) in [7, 11) is 1.63. The molecule has 1 aliphatic heterocycles. The topological polar surface area (TPSA) is 75.4 Å². The second-order valence-electron chi connectivity index (χ2n) is 7.87. The summed E-state index contributed by atoms with van der Waals surface area (Å²) in [6, 6.07) is 19.0. The highest BCUT2D eigenvalue weighted by atomic mass is 16.5. The Balaban J connectivity index is 1.57. The molecule has 0 radical (unpaired) electrons. The molecule has 0 bridgehead atoms. The van der Waals surface area contributed by atoms with E-state index >= 15 is 0 Å². The van der Waals surface area contributed by atoms with Gasteiger partial charge in [0.05, 0.1) is 5.41 Å². The molecule has 2 heterocycles. The Morgan fingerprint density at radius 2 is 1.87 bits per heavy atom. The predicted molar refractivity (Wildman–Crippen MR) is 114 cm³/mol. The molecule has 6 heteroatoms. The number of aryl methyl sites for hydroxylation is 1. The maximum atomic E-state index is 12.9. The maximum Gasteiger partial charge on any atom is 0.253 e. The molecule has 0 spiro atoms. The molecule has 2 aromatic carbocycles. The van der Waals surface area contributed by atoms with Crippen molar-refractivity contribution in [2.24, 2.45) is 5.41 Å². The number of rotatable bonds is 5. The van der Waals surface area contributed by atoms with Gasteiger partial charge >= 0.3 is 0 Å². The molecule has 0 aliphatic carbocycles. The zero-order valence-electron chi connectivity index (χ0n) is 17.2. The highest BCUT2D eigenvalue weighted by molar-refractivity contribution is 5.95. The Hall–Kier alpha value is -3.41. The maximum absolute atomic E-state index is 12.9. The molecule has 154 valence electrons. The summed E-state index contributed by atoms with van der Waals surface area (Å²) >= 11 is 0. The first-order chi connectivity index (χ1) is 14.5. The zero-order chi connectivity index (χ0) is 21.1. The van der Waals surface area contributed by atoms with Gasteiger partial charge in [0.1, 0.15) is 11.5 Å².